The van der Waals surface area contributed by atoms with Crippen LogP contribution in [-0.4, -0.2) is 4.92 Å². The maximum absolute atomic E-state index is 10.7. The minimum Gasteiger partial charge on any atom is -0.393 e. The molecule has 0 atom stereocenters. The van der Waals surface area contributed by atoms with Crippen molar-refractivity contribution in [3.63, 3.8) is 0 Å². The SMILES string of the molecule is Nc1ccc([N+](=O)[O-])cc1-[n+]1ccccc1.[O-][Cl+3]([O-])([O-])[O-]. The van der Waals surface area contributed by atoms with Crippen molar-refractivity contribution in [3.05, 3.63) is 58.9 Å². The highest BCUT2D eigenvalue weighted by Crippen LogP contribution is 2.19. The van der Waals surface area contributed by atoms with Crippen molar-refractivity contribution in [2.75, 3.05) is 5.73 Å². The van der Waals surface area contributed by atoms with Gasteiger partial charge in [0.1, 0.15) is 5.69 Å². The van der Waals surface area contributed by atoms with Crippen molar-refractivity contribution < 1.29 is 38.4 Å². The molecule has 0 saturated heterocycles. The number of nitro benzene ring substituents is 1. The first-order chi connectivity index (χ1) is 9.68. The Hall–Kier alpha value is -2.30. The number of aromatic nitrogens is 1. The fraction of sp³-hybridized carbons (Fsp3) is 0. The van der Waals surface area contributed by atoms with Gasteiger partial charge < -0.3 is 5.73 Å². The maximum Gasteiger partial charge on any atom is 0.276 e. The van der Waals surface area contributed by atoms with E-state index in [2.05, 4.69) is 0 Å². The average Bonchev–Trinajstić information content (AvgIpc) is 2.38. The Labute approximate surface area is 121 Å². The first kappa shape index (κ1) is 16.8. The average molecular weight is 316 g/mol. The lowest BCUT2D eigenvalue weighted by atomic mass is 10.2. The monoisotopic (exact) mass is 315 g/mol. The highest BCUT2D eigenvalue weighted by Gasteiger charge is 2.15. The van der Waals surface area contributed by atoms with Crippen LogP contribution in [0.3, 0.4) is 0 Å². The van der Waals surface area contributed by atoms with E-state index in [1.807, 2.05) is 18.2 Å². The van der Waals surface area contributed by atoms with Gasteiger partial charge in [0.2, 0.25) is 5.69 Å². The summed E-state index contributed by atoms with van der Waals surface area (Å²) < 4.78 is 35.7. The van der Waals surface area contributed by atoms with E-state index in [0.717, 1.165) is 0 Å². The van der Waals surface area contributed by atoms with Crippen LogP contribution in [0.25, 0.3) is 5.69 Å². The normalized spacial score (nSPS) is 10.5. The van der Waals surface area contributed by atoms with Crippen LogP contribution in [0.5, 0.6) is 0 Å². The molecular weight excluding hydrogens is 306 g/mol. The number of non-ortho nitro benzene ring substituents is 1. The van der Waals surface area contributed by atoms with Crippen LogP contribution in [0.1, 0.15) is 0 Å². The smallest absolute Gasteiger partial charge is 0.276 e. The molecule has 2 rings (SSSR count). The van der Waals surface area contributed by atoms with Crippen LogP contribution < -0.4 is 28.9 Å². The van der Waals surface area contributed by atoms with Crippen molar-refractivity contribution >= 4 is 11.4 Å². The molecule has 10 heteroatoms. The molecule has 2 N–H and O–H groups in total. The Kier molecular flexibility index (Phi) is 5.52. The fourth-order valence-electron chi connectivity index (χ4n) is 1.43. The molecule has 0 aliphatic carbocycles. The van der Waals surface area contributed by atoms with Gasteiger partial charge in [-0.15, -0.1) is 10.2 Å². The van der Waals surface area contributed by atoms with Crippen molar-refractivity contribution in [1.82, 2.24) is 0 Å². The molecule has 0 aliphatic rings. The molecular formula is C11H10ClN3O6. The van der Waals surface area contributed by atoms with Gasteiger partial charge in [0.15, 0.2) is 12.4 Å². The lowest BCUT2D eigenvalue weighted by Crippen LogP contribution is -2.68. The first-order valence-corrected chi connectivity index (χ1v) is 6.54. The van der Waals surface area contributed by atoms with E-state index in [1.54, 1.807) is 17.0 Å². The molecule has 112 valence electrons. The number of hydrogen-bond donors (Lipinski definition) is 1. The molecule has 1 aromatic carbocycles. The summed E-state index contributed by atoms with van der Waals surface area (Å²) >= 11 is 0. The van der Waals surface area contributed by atoms with E-state index in [4.69, 9.17) is 24.4 Å². The molecule has 0 saturated carbocycles. The fourth-order valence-corrected chi connectivity index (χ4v) is 1.43. The first-order valence-electron chi connectivity index (χ1n) is 5.31. The zero-order valence-electron chi connectivity index (χ0n) is 10.4. The minimum absolute atomic E-state index is 0.0283. The number of rotatable bonds is 2. The number of nitro groups is 1. The van der Waals surface area contributed by atoms with Gasteiger partial charge in [-0.25, -0.2) is 18.6 Å². The van der Waals surface area contributed by atoms with Gasteiger partial charge in [0.25, 0.3) is 5.69 Å². The standard InChI is InChI=1S/C11H10N3O2.ClHO4/c12-10-5-4-9(14(15)16)8-11(10)13-6-2-1-3-7-13;2-1(3,4)5/h1-8H,12H2;(H,2,3,4,5)/q+1;/p-1. The third-order valence-corrected chi connectivity index (χ3v) is 2.22. The van der Waals surface area contributed by atoms with Crippen molar-refractivity contribution in [1.29, 1.82) is 0 Å². The molecule has 21 heavy (non-hydrogen) atoms. The molecule has 9 nitrogen and oxygen atoms in total. The second kappa shape index (κ2) is 6.92. The van der Waals surface area contributed by atoms with Gasteiger partial charge in [-0.2, -0.15) is 4.57 Å². The predicted octanol–water partition coefficient (Wildman–Crippen LogP) is -3.30. The van der Waals surface area contributed by atoms with Gasteiger partial charge in [-0.05, 0) is 6.07 Å². The molecule has 0 fully saturated rings. The molecule has 0 bridgehead atoms. The van der Waals surface area contributed by atoms with E-state index in [9.17, 15) is 10.1 Å². The lowest BCUT2D eigenvalue weighted by molar-refractivity contribution is -2.00. The van der Waals surface area contributed by atoms with Gasteiger partial charge >= 0.3 is 0 Å². The summed E-state index contributed by atoms with van der Waals surface area (Å²) in [5.41, 5.74) is 6.91. The van der Waals surface area contributed by atoms with Crippen LogP contribution in [-0.2, 0) is 0 Å². The Morgan fingerprint density at radius 1 is 1.05 bits per heavy atom. The Balaban J connectivity index is 0.000000383. The molecule has 0 aliphatic heterocycles. The summed E-state index contributed by atoms with van der Waals surface area (Å²) in [6.45, 7) is 0. The quantitative estimate of drug-likeness (QED) is 0.262. The number of benzene rings is 1. The topological polar surface area (TPSA) is 165 Å². The summed E-state index contributed by atoms with van der Waals surface area (Å²) in [6.07, 6.45) is 3.57. The largest absolute Gasteiger partial charge is 0.393 e. The maximum atomic E-state index is 10.7. The van der Waals surface area contributed by atoms with Crippen LogP contribution in [0, 0.1) is 20.4 Å². The van der Waals surface area contributed by atoms with E-state index in [-0.39, 0.29) is 5.69 Å². The van der Waals surface area contributed by atoms with E-state index in [1.165, 1.54) is 18.2 Å². The van der Waals surface area contributed by atoms with Crippen LogP contribution in [0.15, 0.2) is 48.8 Å². The Morgan fingerprint density at radius 2 is 1.57 bits per heavy atom. The van der Waals surface area contributed by atoms with Gasteiger partial charge in [-0.1, -0.05) is 6.07 Å². The zero-order valence-corrected chi connectivity index (χ0v) is 11.2. The lowest BCUT2D eigenvalue weighted by Gasteiger charge is -2.17. The molecule has 0 radical (unpaired) electrons. The number of nitrogens with two attached hydrogens (primary N) is 1. The number of anilines is 1. The second-order valence-electron chi connectivity index (χ2n) is 3.66. The number of nitrogen functional groups attached to an aromatic ring is 1. The molecule has 0 amide bonds. The number of pyridine rings is 1. The summed E-state index contributed by atoms with van der Waals surface area (Å²) in [4.78, 5) is 10.2. The summed E-state index contributed by atoms with van der Waals surface area (Å²) in [7, 11) is -4.94. The highest BCUT2D eigenvalue weighted by atomic mass is 35.7. The summed E-state index contributed by atoms with van der Waals surface area (Å²) in [6, 6.07) is 9.91. The van der Waals surface area contributed by atoms with E-state index in [0.29, 0.717) is 11.4 Å². The number of hydrogen-bond acceptors (Lipinski definition) is 7. The minimum atomic E-state index is -4.94. The highest BCUT2D eigenvalue weighted by molar-refractivity contribution is 5.57. The van der Waals surface area contributed by atoms with E-state index < -0.39 is 15.2 Å². The zero-order chi connectivity index (χ0) is 16.0. The number of halogens is 1. The van der Waals surface area contributed by atoms with Gasteiger partial charge in [0, 0.05) is 18.2 Å². The van der Waals surface area contributed by atoms with Crippen molar-refractivity contribution in [2.45, 2.75) is 0 Å². The molecule has 2 aromatic rings. The van der Waals surface area contributed by atoms with Crippen LogP contribution >= 0.6 is 0 Å². The molecule has 1 heterocycles. The third-order valence-electron chi connectivity index (χ3n) is 2.22. The van der Waals surface area contributed by atoms with E-state index >= 15 is 0 Å². The van der Waals surface area contributed by atoms with Crippen molar-refractivity contribution in [3.8, 4) is 5.69 Å². The Bertz CT molecular complexity index is 611. The second-order valence-corrected chi connectivity index (χ2v) is 4.42. The van der Waals surface area contributed by atoms with Gasteiger partial charge in [0.05, 0.1) is 11.0 Å². The molecule has 0 unspecified atom stereocenters. The summed E-state index contributed by atoms with van der Waals surface area (Å²) in [5, 5.41) is 10.7. The number of nitrogens with zero attached hydrogens (tertiary/aromatic N) is 2. The van der Waals surface area contributed by atoms with Gasteiger partial charge in [-0.3, -0.25) is 10.1 Å². The predicted molar refractivity (Wildman–Crippen MR) is 59.0 cm³/mol. The van der Waals surface area contributed by atoms with Crippen molar-refractivity contribution in [2.24, 2.45) is 0 Å². The molecule has 0 spiro atoms. The van der Waals surface area contributed by atoms with Crippen LogP contribution in [0.4, 0.5) is 11.4 Å². The molecule has 1 aromatic heterocycles. The summed E-state index contributed by atoms with van der Waals surface area (Å²) in [5.74, 6) is 0. The third kappa shape index (κ3) is 6.12. The van der Waals surface area contributed by atoms with Crippen LogP contribution in [0.2, 0.25) is 0 Å². The Morgan fingerprint density at radius 3 is 2.05 bits per heavy atom.